The topological polar surface area (TPSA) is 185 Å². The molecule has 3 atom stereocenters. The van der Waals surface area contributed by atoms with E-state index >= 15 is 0 Å². The van der Waals surface area contributed by atoms with Gasteiger partial charge in [0, 0.05) is 17.0 Å². The smallest absolute Gasteiger partial charge is 0.205 e. The Kier molecular flexibility index (Phi) is 9.85. The number of imidazole rings is 2. The summed E-state index contributed by atoms with van der Waals surface area (Å²) >= 11 is 0. The Morgan fingerprint density at radius 1 is 0.719 bits per heavy atom. The fraction of sp³-hybridized carbons (Fsp3) is 0.209. The first-order valence-electron chi connectivity index (χ1n) is 19.0. The Morgan fingerprint density at radius 2 is 1.33 bits per heavy atom. The highest BCUT2D eigenvalue weighted by atomic mass is 16.3. The van der Waals surface area contributed by atoms with E-state index in [4.69, 9.17) is 0 Å². The molecule has 8 aromatic rings. The summed E-state index contributed by atoms with van der Waals surface area (Å²) in [4.78, 5) is 9.06. The summed E-state index contributed by atoms with van der Waals surface area (Å²) in [5, 5.41) is 52.1. The van der Waals surface area contributed by atoms with E-state index in [-0.39, 0.29) is 31.1 Å². The van der Waals surface area contributed by atoms with Crippen molar-refractivity contribution in [3.05, 3.63) is 150 Å². The summed E-state index contributed by atoms with van der Waals surface area (Å²) in [7, 11) is 0. The van der Waals surface area contributed by atoms with E-state index in [1.54, 1.807) is 25.0 Å². The van der Waals surface area contributed by atoms with Gasteiger partial charge < -0.3 is 19.3 Å². The predicted octanol–water partition coefficient (Wildman–Crippen LogP) is 6.74. The third-order valence-corrected chi connectivity index (χ3v) is 11.0. The third-order valence-electron chi connectivity index (χ3n) is 11.0. The zero-order valence-corrected chi connectivity index (χ0v) is 31.2. The summed E-state index contributed by atoms with van der Waals surface area (Å²) in [6.45, 7) is 1.83. The van der Waals surface area contributed by atoms with E-state index < -0.39 is 0 Å². The lowest BCUT2D eigenvalue weighted by Gasteiger charge is -2.46. The molecule has 14 heteroatoms. The number of aliphatic hydroxyl groups is 2. The van der Waals surface area contributed by atoms with E-state index in [1.807, 2.05) is 41.0 Å². The molecule has 0 spiro atoms. The van der Waals surface area contributed by atoms with Crippen LogP contribution in [0.3, 0.4) is 0 Å². The van der Waals surface area contributed by atoms with Crippen molar-refractivity contribution in [2.75, 3.05) is 0 Å². The number of hydrogen-bond donors (Lipinski definition) is 4. The van der Waals surface area contributed by atoms with Crippen molar-refractivity contribution in [3.63, 3.8) is 0 Å². The van der Waals surface area contributed by atoms with Crippen molar-refractivity contribution in [2.45, 2.75) is 45.4 Å². The summed E-state index contributed by atoms with van der Waals surface area (Å²) in [6.07, 6.45) is 9.83. The minimum Gasteiger partial charge on any atom is -0.390 e. The molecule has 0 bridgehead atoms. The molecule has 0 amide bonds. The fourth-order valence-electron chi connectivity index (χ4n) is 8.47. The van der Waals surface area contributed by atoms with Crippen molar-refractivity contribution in [1.29, 1.82) is 0 Å². The maximum atomic E-state index is 10.7. The van der Waals surface area contributed by atoms with Crippen LogP contribution in [0.2, 0.25) is 0 Å². The van der Waals surface area contributed by atoms with Gasteiger partial charge >= 0.3 is 0 Å². The zero-order chi connectivity index (χ0) is 38.7. The molecule has 1 aliphatic rings. The predicted molar refractivity (Wildman–Crippen MR) is 213 cm³/mol. The minimum atomic E-state index is -0.287. The van der Waals surface area contributed by atoms with E-state index in [2.05, 4.69) is 123 Å². The molecule has 57 heavy (non-hydrogen) atoms. The highest BCUT2D eigenvalue weighted by Gasteiger charge is 2.44. The maximum Gasteiger partial charge on any atom is 0.205 e. The Labute approximate surface area is 328 Å². The average Bonchev–Trinajstić information content (AvgIpc) is 4.11. The van der Waals surface area contributed by atoms with Crippen LogP contribution in [0.5, 0.6) is 0 Å². The second kappa shape index (κ2) is 15.7. The first-order valence-corrected chi connectivity index (χ1v) is 19.0. The molecule has 0 radical (unpaired) electrons. The molecule has 4 N–H and O–H groups in total. The highest BCUT2D eigenvalue weighted by molar-refractivity contribution is 5.85. The van der Waals surface area contributed by atoms with E-state index in [1.165, 1.54) is 5.57 Å². The van der Waals surface area contributed by atoms with E-state index in [0.29, 0.717) is 23.0 Å². The number of tetrazole rings is 2. The molecule has 1 aliphatic carbocycles. The maximum absolute atomic E-state index is 10.7. The van der Waals surface area contributed by atoms with Crippen molar-refractivity contribution in [3.8, 4) is 45.0 Å². The summed E-state index contributed by atoms with van der Waals surface area (Å²) in [5.41, 5.74) is 11.1. The number of aromatic nitrogens is 12. The standard InChI is InChI=1S/C43H40N12O2/c1-2-9-29-18-38(40(54-25-44-21-32(54)23-56)30-14-16-34(27-10-5-3-6-11-27)36(19-30)42-46-50-51-47-42)39(29)41(55-26-45-22-33(55)24-57)31-15-17-35(28-12-7-4-8-13-28)37(20-31)43-48-52-53-49-43/h3-8,10-17,19-22,25-26,29,38,40,56-57H,2,9,18,23-24H2,1H3,(H,46,47,50,51)(H,48,49,52,53)/b41-39-. The third kappa shape index (κ3) is 6.64. The first-order chi connectivity index (χ1) is 28.2. The first kappa shape index (κ1) is 35.8. The van der Waals surface area contributed by atoms with Crippen LogP contribution < -0.4 is 0 Å². The monoisotopic (exact) mass is 756 g/mol. The molecule has 284 valence electrons. The number of H-pyrrole nitrogens is 2. The summed E-state index contributed by atoms with van der Waals surface area (Å²) in [5.74, 6) is 1.11. The number of rotatable bonds is 13. The van der Waals surface area contributed by atoms with Crippen molar-refractivity contribution in [2.24, 2.45) is 11.8 Å². The molecule has 3 unspecified atom stereocenters. The number of nitrogens with zero attached hydrogens (tertiary/aromatic N) is 10. The lowest BCUT2D eigenvalue weighted by Crippen LogP contribution is -2.37. The summed E-state index contributed by atoms with van der Waals surface area (Å²) < 4.78 is 4.11. The van der Waals surface area contributed by atoms with Gasteiger partial charge in [-0.05, 0) is 80.3 Å². The van der Waals surface area contributed by atoms with Gasteiger partial charge in [-0.2, -0.15) is 10.4 Å². The zero-order valence-electron chi connectivity index (χ0n) is 31.2. The SMILES string of the molecule is CCCC1CC(C(c2ccc(-c3ccccc3)c(-c3nn[nH]n3)c2)n2cncc2CO)/C1=C(/c1ccc(-c2ccccc2)c(-c2nn[nH]n2)c1)n1cncc1CO. The molecule has 9 rings (SSSR count). The lowest BCUT2D eigenvalue weighted by atomic mass is 9.62. The number of aromatic amines is 2. The molecule has 4 aromatic carbocycles. The number of aliphatic hydroxyl groups excluding tert-OH is 2. The Bertz CT molecular complexity index is 2620. The van der Waals surface area contributed by atoms with Gasteiger partial charge in [-0.1, -0.05) is 98.3 Å². The van der Waals surface area contributed by atoms with Gasteiger partial charge in [-0.3, -0.25) is 0 Å². The Balaban J connectivity index is 1.29. The second-order valence-electron chi connectivity index (χ2n) is 14.2. The molecular weight excluding hydrogens is 717 g/mol. The van der Waals surface area contributed by atoms with Gasteiger partial charge in [0.1, 0.15) is 0 Å². The van der Waals surface area contributed by atoms with Gasteiger partial charge in [-0.25, -0.2) is 9.97 Å². The van der Waals surface area contributed by atoms with Crippen LogP contribution in [0.4, 0.5) is 0 Å². The number of nitrogens with one attached hydrogen (secondary N) is 2. The van der Waals surface area contributed by atoms with E-state index in [9.17, 15) is 10.2 Å². The molecule has 14 nitrogen and oxygen atoms in total. The number of allylic oxidation sites excluding steroid dienone is 1. The van der Waals surface area contributed by atoms with Crippen LogP contribution in [0.15, 0.2) is 128 Å². The molecular formula is C43H40N12O2. The van der Waals surface area contributed by atoms with Gasteiger partial charge in [0.15, 0.2) is 0 Å². The van der Waals surface area contributed by atoms with Crippen LogP contribution in [0, 0.1) is 11.8 Å². The van der Waals surface area contributed by atoms with Crippen LogP contribution >= 0.6 is 0 Å². The molecule has 4 heterocycles. The Morgan fingerprint density at radius 3 is 1.95 bits per heavy atom. The molecule has 1 fully saturated rings. The van der Waals surface area contributed by atoms with Gasteiger partial charge in [0.05, 0.1) is 61.4 Å². The van der Waals surface area contributed by atoms with Gasteiger partial charge in [-0.15, -0.1) is 20.4 Å². The lowest BCUT2D eigenvalue weighted by molar-refractivity contribution is 0.220. The van der Waals surface area contributed by atoms with E-state index in [0.717, 1.165) is 69.5 Å². The van der Waals surface area contributed by atoms with Crippen LogP contribution in [-0.4, -0.2) is 70.6 Å². The molecule has 1 saturated carbocycles. The second-order valence-corrected chi connectivity index (χ2v) is 14.2. The molecule has 4 aromatic heterocycles. The minimum absolute atomic E-state index is 0.0619. The Hall–Kier alpha value is -6.90. The quantitative estimate of drug-likeness (QED) is 0.0982. The molecule has 0 saturated heterocycles. The normalized spacial score (nSPS) is 16.7. The fourth-order valence-corrected chi connectivity index (χ4v) is 8.47. The largest absolute Gasteiger partial charge is 0.390 e. The van der Waals surface area contributed by atoms with Gasteiger partial charge in [0.2, 0.25) is 11.6 Å². The van der Waals surface area contributed by atoms with Crippen LogP contribution in [-0.2, 0) is 13.2 Å². The van der Waals surface area contributed by atoms with Crippen LogP contribution in [0.1, 0.15) is 54.7 Å². The summed E-state index contributed by atoms with van der Waals surface area (Å²) in [6, 6.07) is 32.8. The average molecular weight is 757 g/mol. The van der Waals surface area contributed by atoms with Crippen molar-refractivity contribution < 1.29 is 10.2 Å². The van der Waals surface area contributed by atoms with Crippen molar-refractivity contribution >= 4 is 5.70 Å². The van der Waals surface area contributed by atoms with Crippen molar-refractivity contribution in [1.82, 2.24) is 60.4 Å². The molecule has 0 aliphatic heterocycles. The van der Waals surface area contributed by atoms with Gasteiger partial charge in [0.25, 0.3) is 0 Å². The highest BCUT2D eigenvalue weighted by Crippen LogP contribution is 2.54. The van der Waals surface area contributed by atoms with Crippen LogP contribution in [0.25, 0.3) is 50.7 Å². The number of hydrogen-bond acceptors (Lipinski definition) is 10. The number of benzene rings is 4.